The molecule has 19 heavy (non-hydrogen) atoms. The minimum absolute atomic E-state index is 0.303. The molecule has 0 bridgehead atoms. The van der Waals surface area contributed by atoms with Crippen LogP contribution in [0.3, 0.4) is 0 Å². The van der Waals surface area contributed by atoms with E-state index in [1.165, 1.54) is 0 Å². The maximum absolute atomic E-state index is 11.9. The van der Waals surface area contributed by atoms with Gasteiger partial charge in [-0.25, -0.2) is 4.79 Å². The van der Waals surface area contributed by atoms with Gasteiger partial charge >= 0.3 is 6.09 Å². The van der Waals surface area contributed by atoms with Gasteiger partial charge < -0.3 is 20.1 Å². The number of halogens is 1. The van der Waals surface area contributed by atoms with E-state index in [1.54, 1.807) is 4.90 Å². The van der Waals surface area contributed by atoms with Crippen LogP contribution in [0.1, 0.15) is 33.6 Å². The topological polar surface area (TPSA) is 61.8 Å². The molecule has 6 heteroatoms. The first-order valence-electron chi connectivity index (χ1n) is 6.73. The second-order valence-corrected chi connectivity index (χ2v) is 6.44. The lowest BCUT2D eigenvalue weighted by atomic mass is 9.91. The van der Waals surface area contributed by atoms with Crippen LogP contribution in [0, 0.1) is 0 Å². The molecule has 0 unspecified atom stereocenters. The van der Waals surface area contributed by atoms with Gasteiger partial charge in [0.2, 0.25) is 0 Å². The number of rotatable bonds is 4. The Bertz CT molecular complexity index is 297. The van der Waals surface area contributed by atoms with Crippen molar-refractivity contribution in [2.24, 2.45) is 0 Å². The average Bonchev–Trinajstić information content (AvgIpc) is 2.27. The van der Waals surface area contributed by atoms with E-state index < -0.39 is 11.2 Å². The van der Waals surface area contributed by atoms with E-state index in [0.29, 0.717) is 44.9 Å². The van der Waals surface area contributed by atoms with Crippen molar-refractivity contribution in [3.8, 4) is 0 Å². The number of carbonyl (C=O) groups is 1. The molecule has 0 aromatic rings. The number of alkyl halides is 1. The highest BCUT2D eigenvalue weighted by Gasteiger charge is 2.34. The van der Waals surface area contributed by atoms with Gasteiger partial charge in [0.1, 0.15) is 5.60 Å². The summed E-state index contributed by atoms with van der Waals surface area (Å²) in [7, 11) is 0. The fourth-order valence-electron chi connectivity index (χ4n) is 2.00. The Labute approximate surface area is 120 Å². The largest absolute Gasteiger partial charge is 0.444 e. The Morgan fingerprint density at radius 1 is 1.42 bits per heavy atom. The summed E-state index contributed by atoms with van der Waals surface area (Å²) in [5, 5.41) is 13.5. The Morgan fingerprint density at radius 3 is 2.47 bits per heavy atom. The summed E-state index contributed by atoms with van der Waals surface area (Å²) < 4.78 is 5.32. The molecule has 0 spiro atoms. The van der Waals surface area contributed by atoms with Crippen molar-refractivity contribution < 1.29 is 14.6 Å². The second-order valence-electron chi connectivity index (χ2n) is 6.06. The first-order valence-corrected chi connectivity index (χ1v) is 7.26. The lowest BCUT2D eigenvalue weighted by Gasteiger charge is -2.38. The molecule has 0 radical (unpaired) electrons. The molecule has 1 saturated heterocycles. The summed E-state index contributed by atoms with van der Waals surface area (Å²) in [6.45, 7) is 7.78. The molecule has 5 nitrogen and oxygen atoms in total. The van der Waals surface area contributed by atoms with Gasteiger partial charge in [0.05, 0.1) is 5.60 Å². The van der Waals surface area contributed by atoms with Gasteiger partial charge in [0, 0.05) is 32.1 Å². The maximum Gasteiger partial charge on any atom is 0.410 e. The van der Waals surface area contributed by atoms with Crippen LogP contribution in [0.4, 0.5) is 4.79 Å². The van der Waals surface area contributed by atoms with Gasteiger partial charge in [-0.2, -0.15) is 0 Å². The molecule has 1 rings (SSSR count). The highest BCUT2D eigenvalue weighted by molar-refractivity contribution is 6.18. The molecular formula is C13H25ClN2O3. The molecule has 1 aliphatic rings. The zero-order chi connectivity index (χ0) is 14.5. The van der Waals surface area contributed by atoms with Crippen molar-refractivity contribution in [1.82, 2.24) is 10.2 Å². The van der Waals surface area contributed by atoms with Crippen LogP contribution in [-0.2, 0) is 4.74 Å². The smallest absolute Gasteiger partial charge is 0.410 e. The van der Waals surface area contributed by atoms with Crippen molar-refractivity contribution in [2.75, 3.05) is 32.1 Å². The highest BCUT2D eigenvalue weighted by atomic mass is 35.5. The number of aliphatic hydroxyl groups is 1. The van der Waals surface area contributed by atoms with Crippen molar-refractivity contribution in [3.63, 3.8) is 0 Å². The van der Waals surface area contributed by atoms with Crippen LogP contribution < -0.4 is 5.32 Å². The average molecular weight is 293 g/mol. The number of nitrogens with one attached hydrogen (secondary N) is 1. The Balaban J connectivity index is 2.37. The molecular weight excluding hydrogens is 268 g/mol. The van der Waals surface area contributed by atoms with Crippen molar-refractivity contribution in [1.29, 1.82) is 0 Å². The van der Waals surface area contributed by atoms with E-state index in [9.17, 15) is 9.90 Å². The first-order chi connectivity index (χ1) is 8.76. The third-order valence-electron chi connectivity index (χ3n) is 3.07. The zero-order valence-corrected chi connectivity index (χ0v) is 12.8. The molecule has 0 aliphatic carbocycles. The Morgan fingerprint density at radius 2 is 2.00 bits per heavy atom. The van der Waals surface area contributed by atoms with Gasteiger partial charge in [-0.3, -0.25) is 0 Å². The van der Waals surface area contributed by atoms with E-state index in [2.05, 4.69) is 5.32 Å². The van der Waals surface area contributed by atoms with Crippen LogP contribution in [-0.4, -0.2) is 59.4 Å². The van der Waals surface area contributed by atoms with Crippen molar-refractivity contribution >= 4 is 17.7 Å². The number of piperidine rings is 1. The summed E-state index contributed by atoms with van der Waals surface area (Å²) in [6.07, 6.45) is 0.812. The predicted octanol–water partition coefficient (Wildman–Crippen LogP) is 1.58. The Hall–Kier alpha value is -0.520. The van der Waals surface area contributed by atoms with Gasteiger partial charge in [0.25, 0.3) is 0 Å². The van der Waals surface area contributed by atoms with Crippen molar-refractivity contribution in [2.45, 2.75) is 44.8 Å². The molecule has 112 valence electrons. The van der Waals surface area contributed by atoms with Gasteiger partial charge in [0.15, 0.2) is 0 Å². The van der Waals surface area contributed by atoms with E-state index in [1.807, 2.05) is 20.8 Å². The van der Waals surface area contributed by atoms with Crippen LogP contribution in [0.15, 0.2) is 0 Å². The monoisotopic (exact) mass is 292 g/mol. The van der Waals surface area contributed by atoms with Crippen molar-refractivity contribution in [3.05, 3.63) is 0 Å². The van der Waals surface area contributed by atoms with Gasteiger partial charge in [-0.15, -0.1) is 11.6 Å². The number of nitrogens with zero attached hydrogens (tertiary/aromatic N) is 1. The van der Waals surface area contributed by atoms with Crippen LogP contribution >= 0.6 is 11.6 Å². The lowest BCUT2D eigenvalue weighted by molar-refractivity contribution is -0.0306. The third-order valence-corrected chi connectivity index (χ3v) is 3.26. The fourth-order valence-corrected chi connectivity index (χ4v) is 2.13. The predicted molar refractivity (Wildman–Crippen MR) is 75.6 cm³/mol. The number of amides is 1. The summed E-state index contributed by atoms with van der Waals surface area (Å²) in [5.74, 6) is 0.528. The molecule has 1 heterocycles. The SMILES string of the molecule is CC(C)(C)OC(=O)N1CCC(O)(CNCCCl)CC1. The van der Waals surface area contributed by atoms with E-state index >= 15 is 0 Å². The molecule has 1 aliphatic heterocycles. The van der Waals surface area contributed by atoms with Crippen LogP contribution in [0.5, 0.6) is 0 Å². The summed E-state index contributed by atoms with van der Waals surface area (Å²) >= 11 is 5.58. The number of carbonyl (C=O) groups excluding carboxylic acids is 1. The van der Waals surface area contributed by atoms with E-state index in [-0.39, 0.29) is 6.09 Å². The molecule has 2 N–H and O–H groups in total. The maximum atomic E-state index is 11.9. The van der Waals surface area contributed by atoms with Gasteiger partial charge in [-0.1, -0.05) is 0 Å². The number of likely N-dealkylation sites (tertiary alicyclic amines) is 1. The highest BCUT2D eigenvalue weighted by Crippen LogP contribution is 2.23. The standard InChI is InChI=1S/C13H25ClN2O3/c1-12(2,3)19-11(17)16-8-4-13(18,5-9-16)10-15-7-6-14/h15,18H,4-10H2,1-3H3. The van der Waals surface area contributed by atoms with Crippen LogP contribution in [0.25, 0.3) is 0 Å². The first kappa shape index (κ1) is 16.5. The fraction of sp³-hybridized carbons (Fsp3) is 0.923. The molecule has 0 aromatic carbocycles. The lowest BCUT2D eigenvalue weighted by Crippen LogP contribution is -2.52. The summed E-state index contributed by atoms with van der Waals surface area (Å²) in [6, 6.07) is 0. The zero-order valence-electron chi connectivity index (χ0n) is 12.0. The third kappa shape index (κ3) is 5.97. The normalized spacial score (nSPS) is 19.3. The number of hydrogen-bond acceptors (Lipinski definition) is 4. The number of ether oxygens (including phenoxy) is 1. The van der Waals surface area contributed by atoms with E-state index in [0.717, 1.165) is 0 Å². The van der Waals surface area contributed by atoms with Gasteiger partial charge in [-0.05, 0) is 33.6 Å². The minimum atomic E-state index is -0.745. The summed E-state index contributed by atoms with van der Waals surface area (Å²) in [4.78, 5) is 13.5. The summed E-state index contributed by atoms with van der Waals surface area (Å²) in [5.41, 5.74) is -1.22. The molecule has 0 atom stereocenters. The molecule has 0 saturated carbocycles. The Kier molecular flexibility index (Phi) is 5.89. The molecule has 1 amide bonds. The second kappa shape index (κ2) is 6.77. The number of hydrogen-bond donors (Lipinski definition) is 2. The molecule has 1 fully saturated rings. The quantitative estimate of drug-likeness (QED) is 0.610. The van der Waals surface area contributed by atoms with E-state index in [4.69, 9.17) is 16.3 Å². The molecule has 0 aromatic heterocycles. The minimum Gasteiger partial charge on any atom is -0.444 e. The van der Waals surface area contributed by atoms with Crippen LogP contribution in [0.2, 0.25) is 0 Å².